The van der Waals surface area contributed by atoms with Crippen LogP contribution in [-0.4, -0.2) is 9.55 Å². The van der Waals surface area contributed by atoms with Crippen LogP contribution < -0.4 is 11.2 Å². The molecule has 20 heavy (non-hydrogen) atoms. The van der Waals surface area contributed by atoms with E-state index in [1.165, 1.54) is 26.3 Å². The molecule has 0 unspecified atom stereocenters. The van der Waals surface area contributed by atoms with Crippen molar-refractivity contribution in [2.75, 3.05) is 0 Å². The summed E-state index contributed by atoms with van der Waals surface area (Å²) in [4.78, 5) is 30.0. The van der Waals surface area contributed by atoms with Gasteiger partial charge in [0.1, 0.15) is 4.83 Å². The molecule has 0 saturated heterocycles. The van der Waals surface area contributed by atoms with Crippen molar-refractivity contribution >= 4 is 32.9 Å². The summed E-state index contributed by atoms with van der Waals surface area (Å²) in [5, 5.41) is 2.68. The quantitative estimate of drug-likeness (QED) is 0.791. The van der Waals surface area contributed by atoms with E-state index in [2.05, 4.69) is 18.0 Å². The third kappa shape index (κ3) is 1.79. The van der Waals surface area contributed by atoms with Crippen molar-refractivity contribution in [3.05, 3.63) is 43.4 Å². The van der Waals surface area contributed by atoms with Gasteiger partial charge < -0.3 is 0 Å². The minimum absolute atomic E-state index is 0.194. The van der Waals surface area contributed by atoms with Crippen molar-refractivity contribution in [2.45, 2.75) is 27.3 Å². The molecule has 0 saturated carbocycles. The fourth-order valence-electron chi connectivity index (χ4n) is 2.36. The summed E-state index contributed by atoms with van der Waals surface area (Å²) in [6.07, 6.45) is 0. The number of hydrogen-bond donors (Lipinski definition) is 1. The molecule has 0 aliphatic rings. The monoisotopic (exact) mass is 306 g/mol. The van der Waals surface area contributed by atoms with E-state index < -0.39 is 0 Å². The molecule has 0 spiro atoms. The smallest absolute Gasteiger partial charge is 0.298 e. The standard InChI is InChI=1S/C14H14N2O2S2/c1-4-16-13(17)9-8(3)11(10-7(2)5-6-19-10)20-12(9)15-14(16)18/h5-6H,4H2,1-3H3,(H,15,18). The number of rotatable bonds is 2. The SMILES string of the molecule is CCn1c(=O)[nH]c2sc(-c3sccc3C)c(C)c2c1=O. The molecule has 0 atom stereocenters. The van der Waals surface area contributed by atoms with E-state index in [9.17, 15) is 9.59 Å². The highest BCUT2D eigenvalue weighted by Crippen LogP contribution is 2.39. The van der Waals surface area contributed by atoms with Crippen LogP contribution in [0.2, 0.25) is 0 Å². The topological polar surface area (TPSA) is 54.9 Å². The van der Waals surface area contributed by atoms with Crippen molar-refractivity contribution in [1.82, 2.24) is 9.55 Å². The van der Waals surface area contributed by atoms with Gasteiger partial charge in [0.05, 0.1) is 10.3 Å². The molecule has 3 heterocycles. The predicted octanol–water partition coefficient (Wildman–Crippen LogP) is 3.12. The van der Waals surface area contributed by atoms with E-state index in [4.69, 9.17) is 0 Å². The Morgan fingerprint density at radius 1 is 1.25 bits per heavy atom. The molecular weight excluding hydrogens is 292 g/mol. The highest BCUT2D eigenvalue weighted by atomic mass is 32.1. The fraction of sp³-hybridized carbons (Fsp3) is 0.286. The normalized spacial score (nSPS) is 11.3. The average molecular weight is 306 g/mol. The maximum atomic E-state index is 12.4. The molecule has 104 valence electrons. The second-order valence-electron chi connectivity index (χ2n) is 4.67. The Morgan fingerprint density at radius 3 is 2.60 bits per heavy atom. The molecule has 0 aliphatic carbocycles. The van der Waals surface area contributed by atoms with E-state index >= 15 is 0 Å². The highest BCUT2D eigenvalue weighted by molar-refractivity contribution is 7.25. The minimum Gasteiger partial charge on any atom is -0.298 e. The van der Waals surface area contributed by atoms with Crippen LogP contribution in [0.5, 0.6) is 0 Å². The third-order valence-corrected chi connectivity index (χ3v) is 5.84. The van der Waals surface area contributed by atoms with Gasteiger partial charge in [0.2, 0.25) is 0 Å². The largest absolute Gasteiger partial charge is 0.329 e. The molecule has 4 nitrogen and oxygen atoms in total. The lowest BCUT2D eigenvalue weighted by Crippen LogP contribution is -2.34. The summed E-state index contributed by atoms with van der Waals surface area (Å²) < 4.78 is 1.24. The molecule has 0 amide bonds. The Morgan fingerprint density at radius 2 is 2.00 bits per heavy atom. The molecule has 3 rings (SSSR count). The summed E-state index contributed by atoms with van der Waals surface area (Å²) in [7, 11) is 0. The van der Waals surface area contributed by atoms with E-state index in [0.717, 1.165) is 10.4 Å². The number of aryl methyl sites for hydroxylation is 2. The molecule has 3 aromatic rings. The summed E-state index contributed by atoms with van der Waals surface area (Å²) in [6.45, 7) is 6.19. The van der Waals surface area contributed by atoms with Crippen LogP contribution >= 0.6 is 22.7 Å². The first-order valence-corrected chi connectivity index (χ1v) is 8.05. The molecule has 0 bridgehead atoms. The minimum atomic E-state index is -0.333. The Hall–Kier alpha value is -1.66. The Balaban J connectivity index is 2.43. The zero-order valence-corrected chi connectivity index (χ0v) is 13.1. The average Bonchev–Trinajstić information content (AvgIpc) is 2.94. The molecule has 0 aromatic carbocycles. The van der Waals surface area contributed by atoms with Crippen molar-refractivity contribution < 1.29 is 0 Å². The second kappa shape index (κ2) is 4.71. The van der Waals surface area contributed by atoms with Crippen molar-refractivity contribution in [3.63, 3.8) is 0 Å². The Labute approximate surface area is 123 Å². The number of H-pyrrole nitrogens is 1. The van der Waals surface area contributed by atoms with Crippen LogP contribution in [0.15, 0.2) is 21.0 Å². The van der Waals surface area contributed by atoms with Crippen molar-refractivity contribution in [3.8, 4) is 9.75 Å². The van der Waals surface area contributed by atoms with Crippen molar-refractivity contribution in [2.24, 2.45) is 0 Å². The number of nitrogens with zero attached hydrogens (tertiary/aromatic N) is 1. The summed E-state index contributed by atoms with van der Waals surface area (Å²) in [6, 6.07) is 2.07. The lowest BCUT2D eigenvalue weighted by Gasteiger charge is -2.00. The maximum Gasteiger partial charge on any atom is 0.329 e. The number of hydrogen-bond acceptors (Lipinski definition) is 4. The summed E-state index contributed by atoms with van der Waals surface area (Å²) >= 11 is 3.15. The lowest BCUT2D eigenvalue weighted by atomic mass is 10.1. The van der Waals surface area contributed by atoms with Gasteiger partial charge in [-0.25, -0.2) is 4.79 Å². The van der Waals surface area contributed by atoms with E-state index in [-0.39, 0.29) is 11.2 Å². The van der Waals surface area contributed by atoms with Crippen LogP contribution in [0.3, 0.4) is 0 Å². The van der Waals surface area contributed by atoms with Crippen LogP contribution in [0.4, 0.5) is 0 Å². The molecule has 6 heteroatoms. The summed E-state index contributed by atoms with van der Waals surface area (Å²) in [5.74, 6) is 0. The number of aromatic nitrogens is 2. The molecular formula is C14H14N2O2S2. The van der Waals surface area contributed by atoms with Gasteiger partial charge in [-0.05, 0) is 43.3 Å². The van der Waals surface area contributed by atoms with E-state index in [1.807, 2.05) is 12.3 Å². The summed E-state index contributed by atoms with van der Waals surface area (Å²) in [5.41, 5.74) is 1.63. The van der Waals surface area contributed by atoms with E-state index in [0.29, 0.717) is 16.8 Å². The Bertz CT molecular complexity index is 912. The number of aromatic amines is 1. The molecule has 3 aromatic heterocycles. The lowest BCUT2D eigenvalue weighted by molar-refractivity contribution is 0.685. The second-order valence-corrected chi connectivity index (χ2v) is 6.61. The number of nitrogens with one attached hydrogen (secondary N) is 1. The zero-order chi connectivity index (χ0) is 14.4. The van der Waals surface area contributed by atoms with Crippen LogP contribution in [0, 0.1) is 13.8 Å². The maximum absolute atomic E-state index is 12.4. The van der Waals surface area contributed by atoms with Gasteiger partial charge >= 0.3 is 5.69 Å². The first-order valence-electron chi connectivity index (χ1n) is 6.35. The van der Waals surface area contributed by atoms with Crippen molar-refractivity contribution in [1.29, 1.82) is 0 Å². The Kier molecular flexibility index (Phi) is 3.14. The number of thiophene rings is 2. The van der Waals surface area contributed by atoms with Gasteiger partial charge in [0.25, 0.3) is 5.56 Å². The fourth-order valence-corrected chi connectivity index (χ4v) is 4.75. The first kappa shape index (κ1) is 13.3. The van der Waals surface area contributed by atoms with Gasteiger partial charge in [0.15, 0.2) is 0 Å². The van der Waals surface area contributed by atoms with Gasteiger partial charge in [-0.3, -0.25) is 14.3 Å². The predicted molar refractivity (Wildman–Crippen MR) is 85.2 cm³/mol. The molecule has 1 N–H and O–H groups in total. The first-order chi connectivity index (χ1) is 9.54. The number of fused-ring (bicyclic) bond motifs is 1. The molecule has 0 aliphatic heterocycles. The highest BCUT2D eigenvalue weighted by Gasteiger charge is 2.18. The molecule has 0 fully saturated rings. The zero-order valence-electron chi connectivity index (χ0n) is 11.4. The van der Waals surface area contributed by atoms with Crippen LogP contribution in [0.1, 0.15) is 18.1 Å². The van der Waals surface area contributed by atoms with Gasteiger partial charge in [0, 0.05) is 11.4 Å². The third-order valence-electron chi connectivity index (χ3n) is 3.46. The van der Waals surface area contributed by atoms with Gasteiger partial charge in [-0.1, -0.05) is 0 Å². The van der Waals surface area contributed by atoms with Gasteiger partial charge in [-0.2, -0.15) is 0 Å². The van der Waals surface area contributed by atoms with Crippen LogP contribution in [-0.2, 0) is 6.54 Å². The molecule has 0 radical (unpaired) electrons. The van der Waals surface area contributed by atoms with Gasteiger partial charge in [-0.15, -0.1) is 22.7 Å². The van der Waals surface area contributed by atoms with E-state index in [1.54, 1.807) is 18.3 Å². The van der Waals surface area contributed by atoms with Crippen LogP contribution in [0.25, 0.3) is 20.0 Å².